The van der Waals surface area contributed by atoms with E-state index in [9.17, 15) is 0 Å². The Bertz CT molecular complexity index is 511. The summed E-state index contributed by atoms with van der Waals surface area (Å²) in [6, 6.07) is 17.7. The van der Waals surface area contributed by atoms with Gasteiger partial charge in [-0.05, 0) is 29.8 Å². The van der Waals surface area contributed by atoms with Crippen LogP contribution >= 0.6 is 11.8 Å². The van der Waals surface area contributed by atoms with Crippen LogP contribution in [0.25, 0.3) is 0 Å². The van der Waals surface area contributed by atoms with Crippen LogP contribution < -0.4 is 0 Å². The van der Waals surface area contributed by atoms with Gasteiger partial charge in [0.25, 0.3) is 0 Å². The maximum absolute atomic E-state index is 8.72. The van der Waals surface area contributed by atoms with Crippen molar-refractivity contribution in [1.29, 1.82) is 0 Å². The third-order valence-electron chi connectivity index (χ3n) is 2.48. The van der Waals surface area contributed by atoms with Crippen molar-refractivity contribution in [1.82, 2.24) is 0 Å². The van der Waals surface area contributed by atoms with Gasteiger partial charge in [-0.2, -0.15) is 22.0 Å². The van der Waals surface area contributed by atoms with Crippen LogP contribution in [0.4, 0.5) is 11.4 Å². The first-order valence-corrected chi connectivity index (χ1v) is 7.28. The fourth-order valence-electron chi connectivity index (χ4n) is 1.52. The molecule has 1 N–H and O–H groups in total. The van der Waals surface area contributed by atoms with Gasteiger partial charge in [-0.3, -0.25) is 0 Å². The minimum atomic E-state index is 0.230. The van der Waals surface area contributed by atoms with Crippen molar-refractivity contribution >= 4 is 23.1 Å². The van der Waals surface area contributed by atoms with Crippen molar-refractivity contribution in [3.63, 3.8) is 0 Å². The molecule has 0 atom stereocenters. The van der Waals surface area contributed by atoms with Gasteiger partial charge >= 0.3 is 0 Å². The topological polar surface area (TPSA) is 45.0 Å². The van der Waals surface area contributed by atoms with Crippen LogP contribution in [0.1, 0.15) is 5.56 Å². The summed E-state index contributed by atoms with van der Waals surface area (Å²) in [6.45, 7) is 0.230. The Morgan fingerprint density at radius 2 is 1.47 bits per heavy atom. The summed E-state index contributed by atoms with van der Waals surface area (Å²) in [6.07, 6.45) is 0. The number of thioether (sulfide) groups is 1. The van der Waals surface area contributed by atoms with E-state index < -0.39 is 0 Å². The summed E-state index contributed by atoms with van der Waals surface area (Å²) < 4.78 is 0. The summed E-state index contributed by atoms with van der Waals surface area (Å²) in [5, 5.41) is 17.1. The molecule has 19 heavy (non-hydrogen) atoms. The van der Waals surface area contributed by atoms with Crippen LogP contribution in [-0.4, -0.2) is 17.5 Å². The Labute approximate surface area is 117 Å². The standard InChI is InChI=1S/C15H16N2OS/c18-10-11-19-12-13-6-8-15(9-7-13)17-16-14-4-2-1-3-5-14/h1-9,18H,10-12H2. The lowest BCUT2D eigenvalue weighted by Crippen LogP contribution is -1.87. The molecule has 98 valence electrons. The molecule has 0 amide bonds. The maximum atomic E-state index is 8.72. The Morgan fingerprint density at radius 3 is 2.11 bits per heavy atom. The minimum Gasteiger partial charge on any atom is -0.396 e. The Hall–Kier alpha value is -1.65. The second-order valence-electron chi connectivity index (χ2n) is 3.98. The lowest BCUT2D eigenvalue weighted by atomic mass is 10.2. The fourth-order valence-corrected chi connectivity index (χ4v) is 2.23. The molecule has 0 fully saturated rings. The van der Waals surface area contributed by atoms with E-state index in [0.29, 0.717) is 0 Å². The lowest BCUT2D eigenvalue weighted by Gasteiger charge is -2.00. The van der Waals surface area contributed by atoms with E-state index in [1.165, 1.54) is 5.56 Å². The summed E-state index contributed by atoms with van der Waals surface area (Å²) in [5.41, 5.74) is 2.93. The number of azo groups is 1. The molecule has 0 heterocycles. The fraction of sp³-hybridized carbons (Fsp3) is 0.200. The van der Waals surface area contributed by atoms with Crippen molar-refractivity contribution in [2.75, 3.05) is 12.4 Å². The first-order chi connectivity index (χ1) is 9.38. The highest BCUT2D eigenvalue weighted by Gasteiger charge is 1.95. The van der Waals surface area contributed by atoms with Gasteiger partial charge in [0.2, 0.25) is 0 Å². The molecule has 0 aliphatic carbocycles. The van der Waals surface area contributed by atoms with E-state index in [0.717, 1.165) is 22.9 Å². The summed E-state index contributed by atoms with van der Waals surface area (Å²) >= 11 is 1.72. The molecule has 0 aliphatic heterocycles. The minimum absolute atomic E-state index is 0.230. The first kappa shape index (κ1) is 13.8. The highest BCUT2D eigenvalue weighted by molar-refractivity contribution is 7.98. The predicted molar refractivity (Wildman–Crippen MR) is 80.3 cm³/mol. The number of nitrogens with zero attached hydrogens (tertiary/aromatic N) is 2. The Balaban J connectivity index is 1.93. The number of benzene rings is 2. The summed E-state index contributed by atoms with van der Waals surface area (Å²) in [5.74, 6) is 1.69. The second kappa shape index (κ2) is 7.71. The quantitative estimate of drug-likeness (QED) is 0.628. The van der Waals surface area contributed by atoms with Crippen molar-refractivity contribution in [2.24, 2.45) is 10.2 Å². The van der Waals surface area contributed by atoms with Gasteiger partial charge in [0.1, 0.15) is 0 Å². The third-order valence-corrected chi connectivity index (χ3v) is 3.49. The van der Waals surface area contributed by atoms with Crippen molar-refractivity contribution in [2.45, 2.75) is 5.75 Å². The van der Waals surface area contributed by atoms with Gasteiger partial charge in [-0.15, -0.1) is 0 Å². The first-order valence-electron chi connectivity index (χ1n) is 6.13. The molecule has 0 radical (unpaired) electrons. The van der Waals surface area contributed by atoms with E-state index in [2.05, 4.69) is 10.2 Å². The second-order valence-corrected chi connectivity index (χ2v) is 5.08. The number of hydrogen-bond donors (Lipinski definition) is 1. The van der Waals surface area contributed by atoms with Gasteiger partial charge in [-0.25, -0.2) is 0 Å². The Morgan fingerprint density at radius 1 is 0.842 bits per heavy atom. The summed E-state index contributed by atoms with van der Waals surface area (Å²) in [7, 11) is 0. The van der Waals surface area contributed by atoms with E-state index in [-0.39, 0.29) is 6.61 Å². The Kier molecular flexibility index (Phi) is 5.59. The molecule has 3 nitrogen and oxygen atoms in total. The van der Waals surface area contributed by atoms with Gasteiger partial charge in [0.15, 0.2) is 0 Å². The molecular weight excluding hydrogens is 256 g/mol. The van der Waals surface area contributed by atoms with Crippen LogP contribution in [-0.2, 0) is 5.75 Å². The van der Waals surface area contributed by atoms with E-state index in [4.69, 9.17) is 5.11 Å². The molecule has 0 bridgehead atoms. The molecule has 2 aromatic rings. The average Bonchev–Trinajstić information content (AvgIpc) is 2.48. The molecule has 0 aromatic heterocycles. The van der Waals surface area contributed by atoms with E-state index >= 15 is 0 Å². The van der Waals surface area contributed by atoms with Gasteiger partial charge in [0, 0.05) is 11.5 Å². The van der Waals surface area contributed by atoms with Gasteiger partial charge in [0.05, 0.1) is 18.0 Å². The average molecular weight is 272 g/mol. The number of hydrogen-bond acceptors (Lipinski definition) is 4. The number of rotatable bonds is 6. The van der Waals surface area contributed by atoms with Crippen molar-refractivity contribution in [3.8, 4) is 0 Å². The highest BCUT2D eigenvalue weighted by Crippen LogP contribution is 2.20. The van der Waals surface area contributed by atoms with Gasteiger partial charge in [-0.1, -0.05) is 30.3 Å². The molecule has 0 unspecified atom stereocenters. The molecule has 4 heteroatoms. The van der Waals surface area contributed by atoms with Crippen LogP contribution in [0.3, 0.4) is 0 Å². The largest absolute Gasteiger partial charge is 0.396 e. The lowest BCUT2D eigenvalue weighted by molar-refractivity contribution is 0.322. The van der Waals surface area contributed by atoms with Crippen LogP contribution in [0.5, 0.6) is 0 Å². The molecule has 2 rings (SSSR count). The van der Waals surface area contributed by atoms with E-state index in [1.54, 1.807) is 11.8 Å². The van der Waals surface area contributed by atoms with Crippen LogP contribution in [0, 0.1) is 0 Å². The molecular formula is C15H16N2OS. The zero-order valence-electron chi connectivity index (χ0n) is 10.6. The van der Waals surface area contributed by atoms with Crippen LogP contribution in [0.2, 0.25) is 0 Å². The zero-order valence-corrected chi connectivity index (χ0v) is 11.4. The molecule has 0 saturated heterocycles. The zero-order chi connectivity index (χ0) is 13.3. The SMILES string of the molecule is OCCSCc1ccc(N=Nc2ccccc2)cc1. The summed E-state index contributed by atoms with van der Waals surface area (Å²) in [4.78, 5) is 0. The van der Waals surface area contributed by atoms with E-state index in [1.807, 2.05) is 54.6 Å². The number of aliphatic hydroxyl groups is 1. The smallest absolute Gasteiger partial charge is 0.0857 e. The normalized spacial score (nSPS) is 11.0. The monoisotopic (exact) mass is 272 g/mol. The molecule has 0 saturated carbocycles. The molecule has 2 aromatic carbocycles. The molecule has 0 spiro atoms. The third kappa shape index (κ3) is 4.85. The van der Waals surface area contributed by atoms with Gasteiger partial charge < -0.3 is 5.11 Å². The predicted octanol–water partition coefficient (Wildman–Crippen LogP) is 4.33. The number of aliphatic hydroxyl groups excluding tert-OH is 1. The molecule has 0 aliphatic rings. The maximum Gasteiger partial charge on any atom is 0.0857 e. The van der Waals surface area contributed by atoms with Crippen molar-refractivity contribution < 1.29 is 5.11 Å². The van der Waals surface area contributed by atoms with Crippen molar-refractivity contribution in [3.05, 3.63) is 60.2 Å². The van der Waals surface area contributed by atoms with Crippen LogP contribution in [0.15, 0.2) is 64.8 Å². The highest BCUT2D eigenvalue weighted by atomic mass is 32.2.